The second-order valence-electron chi connectivity index (χ2n) is 5.20. The zero-order valence-corrected chi connectivity index (χ0v) is 13.3. The molecule has 0 saturated carbocycles. The first-order valence-electron chi connectivity index (χ1n) is 7.46. The molecule has 1 aromatic carbocycles. The summed E-state index contributed by atoms with van der Waals surface area (Å²) >= 11 is 0. The van der Waals surface area contributed by atoms with E-state index in [1.165, 1.54) is 5.56 Å². The standard InChI is InChI=1S/C17H24N4/c1-5-15-19-16(18-3)13(2)17(20-15)21(4)12-11-14-9-7-6-8-10-14/h6-10H,5,11-12H2,1-4H3,(H,18,19,20). The Morgan fingerprint density at radius 1 is 1.14 bits per heavy atom. The van der Waals surface area contributed by atoms with Gasteiger partial charge in [0, 0.05) is 32.6 Å². The maximum atomic E-state index is 4.69. The SMILES string of the molecule is CCc1nc(NC)c(C)c(N(C)CCc2ccccc2)n1. The number of aryl methyl sites for hydroxylation is 1. The number of hydrogen-bond donors (Lipinski definition) is 1. The normalized spacial score (nSPS) is 10.5. The smallest absolute Gasteiger partial charge is 0.137 e. The number of benzene rings is 1. The molecule has 0 atom stereocenters. The Balaban J connectivity index is 2.16. The van der Waals surface area contributed by atoms with Crippen molar-refractivity contribution < 1.29 is 0 Å². The van der Waals surface area contributed by atoms with E-state index in [0.29, 0.717) is 0 Å². The molecule has 0 fully saturated rings. The number of nitrogens with zero attached hydrogens (tertiary/aromatic N) is 3. The highest BCUT2D eigenvalue weighted by Gasteiger charge is 2.13. The molecule has 0 aliphatic heterocycles. The van der Waals surface area contributed by atoms with Gasteiger partial charge in [-0.15, -0.1) is 0 Å². The van der Waals surface area contributed by atoms with Gasteiger partial charge in [0.05, 0.1) is 0 Å². The maximum absolute atomic E-state index is 4.69. The maximum Gasteiger partial charge on any atom is 0.137 e. The van der Waals surface area contributed by atoms with Gasteiger partial charge in [0.25, 0.3) is 0 Å². The molecule has 1 aromatic heterocycles. The van der Waals surface area contributed by atoms with Gasteiger partial charge in [0.2, 0.25) is 0 Å². The average Bonchev–Trinajstić information content (AvgIpc) is 2.53. The summed E-state index contributed by atoms with van der Waals surface area (Å²) < 4.78 is 0. The molecule has 4 heteroatoms. The molecule has 0 aliphatic rings. The summed E-state index contributed by atoms with van der Waals surface area (Å²) in [5.41, 5.74) is 2.45. The quantitative estimate of drug-likeness (QED) is 0.885. The minimum atomic E-state index is 0.842. The predicted molar refractivity (Wildman–Crippen MR) is 89.1 cm³/mol. The Labute approximate surface area is 127 Å². The number of aromatic nitrogens is 2. The monoisotopic (exact) mass is 284 g/mol. The first kappa shape index (κ1) is 15.3. The third-order valence-electron chi connectivity index (χ3n) is 3.66. The van der Waals surface area contributed by atoms with Crippen LogP contribution in [0.2, 0.25) is 0 Å². The molecule has 112 valence electrons. The van der Waals surface area contributed by atoms with Crippen LogP contribution in [0.1, 0.15) is 23.9 Å². The topological polar surface area (TPSA) is 41.1 Å². The molecule has 4 nitrogen and oxygen atoms in total. The van der Waals surface area contributed by atoms with E-state index in [1.54, 1.807) is 0 Å². The van der Waals surface area contributed by atoms with Gasteiger partial charge in [-0.2, -0.15) is 0 Å². The third-order valence-corrected chi connectivity index (χ3v) is 3.66. The highest BCUT2D eigenvalue weighted by molar-refractivity contribution is 5.58. The van der Waals surface area contributed by atoms with Crippen molar-refractivity contribution in [1.82, 2.24) is 9.97 Å². The number of rotatable bonds is 6. The van der Waals surface area contributed by atoms with Crippen molar-refractivity contribution in [2.45, 2.75) is 26.7 Å². The van der Waals surface area contributed by atoms with E-state index >= 15 is 0 Å². The molecule has 0 radical (unpaired) electrons. The zero-order chi connectivity index (χ0) is 15.2. The van der Waals surface area contributed by atoms with Gasteiger partial charge in [-0.25, -0.2) is 9.97 Å². The second kappa shape index (κ2) is 7.07. The van der Waals surface area contributed by atoms with Crippen LogP contribution in [0.5, 0.6) is 0 Å². The van der Waals surface area contributed by atoms with Crippen molar-refractivity contribution in [1.29, 1.82) is 0 Å². The summed E-state index contributed by atoms with van der Waals surface area (Å²) in [6.07, 6.45) is 1.85. The largest absolute Gasteiger partial charge is 0.373 e. The predicted octanol–water partition coefficient (Wildman–Crippen LogP) is 3.07. The summed E-state index contributed by atoms with van der Waals surface area (Å²) in [7, 11) is 4.00. The Morgan fingerprint density at radius 3 is 2.48 bits per heavy atom. The van der Waals surface area contributed by atoms with Crippen LogP contribution in [-0.2, 0) is 12.8 Å². The molecule has 0 spiro atoms. The lowest BCUT2D eigenvalue weighted by Crippen LogP contribution is -2.23. The summed E-state index contributed by atoms with van der Waals surface area (Å²) in [4.78, 5) is 11.4. The number of nitrogens with one attached hydrogen (secondary N) is 1. The van der Waals surface area contributed by atoms with Crippen molar-refractivity contribution in [2.75, 3.05) is 30.9 Å². The number of hydrogen-bond acceptors (Lipinski definition) is 4. The fourth-order valence-corrected chi connectivity index (χ4v) is 2.37. The van der Waals surface area contributed by atoms with E-state index in [-0.39, 0.29) is 0 Å². The van der Waals surface area contributed by atoms with E-state index in [9.17, 15) is 0 Å². The second-order valence-corrected chi connectivity index (χ2v) is 5.20. The number of anilines is 2. The van der Waals surface area contributed by atoms with Crippen molar-refractivity contribution >= 4 is 11.6 Å². The Hall–Kier alpha value is -2.10. The van der Waals surface area contributed by atoms with Gasteiger partial charge in [-0.05, 0) is 18.9 Å². The molecular weight excluding hydrogens is 260 g/mol. The molecule has 0 unspecified atom stereocenters. The Bertz CT molecular complexity index is 581. The molecule has 0 bridgehead atoms. The van der Waals surface area contributed by atoms with E-state index in [2.05, 4.69) is 71.4 Å². The molecule has 0 saturated heterocycles. The summed E-state index contributed by atoms with van der Waals surface area (Å²) in [6.45, 7) is 5.09. The molecular formula is C17H24N4. The van der Waals surface area contributed by atoms with Crippen molar-refractivity contribution in [3.05, 3.63) is 47.3 Å². The summed E-state index contributed by atoms with van der Waals surface area (Å²) in [6, 6.07) is 10.5. The van der Waals surface area contributed by atoms with Gasteiger partial charge in [0.1, 0.15) is 17.5 Å². The lowest BCUT2D eigenvalue weighted by Gasteiger charge is -2.22. The van der Waals surface area contributed by atoms with Crippen LogP contribution in [0.25, 0.3) is 0 Å². The molecule has 0 aliphatic carbocycles. The van der Waals surface area contributed by atoms with Gasteiger partial charge in [-0.1, -0.05) is 37.3 Å². The molecule has 1 N–H and O–H groups in total. The minimum Gasteiger partial charge on any atom is -0.373 e. The van der Waals surface area contributed by atoms with E-state index in [4.69, 9.17) is 0 Å². The van der Waals surface area contributed by atoms with Crippen molar-refractivity contribution in [3.8, 4) is 0 Å². The van der Waals surface area contributed by atoms with E-state index < -0.39 is 0 Å². The highest BCUT2D eigenvalue weighted by Crippen LogP contribution is 2.22. The first-order chi connectivity index (χ1) is 10.2. The Morgan fingerprint density at radius 2 is 1.86 bits per heavy atom. The first-order valence-corrected chi connectivity index (χ1v) is 7.46. The Kier molecular flexibility index (Phi) is 5.14. The van der Waals surface area contributed by atoms with Crippen LogP contribution in [0, 0.1) is 6.92 Å². The lowest BCUT2D eigenvalue weighted by molar-refractivity contribution is 0.830. The van der Waals surface area contributed by atoms with Gasteiger partial charge < -0.3 is 10.2 Å². The van der Waals surface area contributed by atoms with Crippen LogP contribution in [0.3, 0.4) is 0 Å². The van der Waals surface area contributed by atoms with Crippen molar-refractivity contribution in [3.63, 3.8) is 0 Å². The van der Waals surface area contributed by atoms with Gasteiger partial charge in [0.15, 0.2) is 0 Å². The van der Waals surface area contributed by atoms with Crippen molar-refractivity contribution in [2.24, 2.45) is 0 Å². The van der Waals surface area contributed by atoms with Crippen LogP contribution in [0.15, 0.2) is 30.3 Å². The molecule has 1 heterocycles. The fraction of sp³-hybridized carbons (Fsp3) is 0.412. The minimum absolute atomic E-state index is 0.842. The highest BCUT2D eigenvalue weighted by atomic mass is 15.2. The molecule has 21 heavy (non-hydrogen) atoms. The van der Waals surface area contributed by atoms with E-state index in [1.807, 2.05) is 7.05 Å². The van der Waals surface area contributed by atoms with Crippen LogP contribution < -0.4 is 10.2 Å². The van der Waals surface area contributed by atoms with Crippen LogP contribution >= 0.6 is 0 Å². The molecule has 0 amide bonds. The van der Waals surface area contributed by atoms with Crippen LogP contribution in [0.4, 0.5) is 11.6 Å². The number of likely N-dealkylation sites (N-methyl/N-ethyl adjacent to an activating group) is 1. The lowest BCUT2D eigenvalue weighted by atomic mass is 10.1. The molecule has 2 rings (SSSR count). The zero-order valence-electron chi connectivity index (χ0n) is 13.3. The average molecular weight is 284 g/mol. The van der Waals surface area contributed by atoms with Gasteiger partial charge in [-0.3, -0.25) is 0 Å². The van der Waals surface area contributed by atoms with E-state index in [0.717, 1.165) is 42.4 Å². The summed E-state index contributed by atoms with van der Waals surface area (Å²) in [5.74, 6) is 2.82. The third kappa shape index (κ3) is 3.72. The van der Waals surface area contributed by atoms with Gasteiger partial charge >= 0.3 is 0 Å². The fourth-order valence-electron chi connectivity index (χ4n) is 2.37. The molecule has 2 aromatic rings. The van der Waals surface area contributed by atoms with Crippen LogP contribution in [-0.4, -0.2) is 30.6 Å². The summed E-state index contributed by atoms with van der Waals surface area (Å²) in [5, 5.41) is 3.16.